The topological polar surface area (TPSA) is 64.6 Å². The van der Waals surface area contributed by atoms with Crippen LogP contribution in [0.15, 0.2) is 42.5 Å². The van der Waals surface area contributed by atoms with Crippen LogP contribution in [0.2, 0.25) is 0 Å². The van der Waals surface area contributed by atoms with Crippen molar-refractivity contribution < 1.29 is 19.1 Å². The Morgan fingerprint density at radius 3 is 2.17 bits per heavy atom. The van der Waals surface area contributed by atoms with E-state index >= 15 is 0 Å². The van der Waals surface area contributed by atoms with Gasteiger partial charge < -0.3 is 14.8 Å². The Kier molecular flexibility index (Phi) is 12.3. The minimum absolute atomic E-state index is 0.211. The van der Waals surface area contributed by atoms with Crippen molar-refractivity contribution in [3.05, 3.63) is 48.0 Å². The van der Waals surface area contributed by atoms with E-state index < -0.39 is 0 Å². The van der Waals surface area contributed by atoms with Crippen molar-refractivity contribution in [3.63, 3.8) is 0 Å². The van der Waals surface area contributed by atoms with Gasteiger partial charge in [0.05, 0.1) is 13.2 Å². The lowest BCUT2D eigenvalue weighted by molar-refractivity contribution is -0.144. The first kappa shape index (κ1) is 20.9. The van der Waals surface area contributed by atoms with Gasteiger partial charge in [0.2, 0.25) is 0 Å². The van der Waals surface area contributed by atoms with E-state index in [1.165, 1.54) is 12.5 Å². The number of esters is 2. The number of hydrogen-bond acceptors (Lipinski definition) is 5. The van der Waals surface area contributed by atoms with Crippen LogP contribution in [0, 0.1) is 0 Å². The van der Waals surface area contributed by atoms with Crippen LogP contribution < -0.4 is 5.32 Å². The Bertz CT molecular complexity index is 471. The second kappa shape index (κ2) is 13.5. The van der Waals surface area contributed by atoms with E-state index in [0.29, 0.717) is 13.2 Å². The van der Waals surface area contributed by atoms with Crippen LogP contribution in [-0.2, 0) is 25.5 Å². The second-order valence-corrected chi connectivity index (χ2v) is 4.56. The number of ether oxygens (including phenoxy) is 2. The number of hydrogen-bond donors (Lipinski definition) is 1. The van der Waals surface area contributed by atoms with Crippen LogP contribution in [0.4, 0.5) is 0 Å². The van der Waals surface area contributed by atoms with E-state index in [1.54, 1.807) is 20.9 Å². The fraction of sp³-hybridized carbons (Fsp3) is 0.444. The molecule has 0 radical (unpaired) electrons. The average molecular weight is 321 g/mol. The summed E-state index contributed by atoms with van der Waals surface area (Å²) in [4.78, 5) is 21.3. The summed E-state index contributed by atoms with van der Waals surface area (Å²) in [6, 6.07) is 9.75. The van der Waals surface area contributed by atoms with Crippen molar-refractivity contribution in [2.24, 2.45) is 0 Å². The Balaban J connectivity index is 0.000000688. The highest BCUT2D eigenvalue weighted by Crippen LogP contribution is 2.01. The molecule has 5 heteroatoms. The zero-order chi connectivity index (χ0) is 17.5. The second-order valence-electron chi connectivity index (χ2n) is 4.56. The third kappa shape index (κ3) is 11.1. The summed E-state index contributed by atoms with van der Waals surface area (Å²) in [5.74, 6) is -0.447. The van der Waals surface area contributed by atoms with Crippen LogP contribution in [0.1, 0.15) is 26.3 Å². The Morgan fingerprint density at radius 2 is 1.74 bits per heavy atom. The minimum Gasteiger partial charge on any atom is -0.466 e. The maximum absolute atomic E-state index is 11.5. The summed E-state index contributed by atoms with van der Waals surface area (Å²) in [6.07, 6.45) is 4.64. The van der Waals surface area contributed by atoms with Gasteiger partial charge in [-0.2, -0.15) is 0 Å². The number of nitrogens with one attached hydrogen (secondary N) is 1. The molecule has 1 atom stereocenters. The largest absolute Gasteiger partial charge is 0.466 e. The van der Waals surface area contributed by atoms with Gasteiger partial charge in [-0.3, -0.25) is 9.59 Å². The monoisotopic (exact) mass is 321 g/mol. The van der Waals surface area contributed by atoms with Crippen LogP contribution in [0.25, 0.3) is 0 Å². The molecule has 0 heterocycles. The van der Waals surface area contributed by atoms with Crippen molar-refractivity contribution in [2.75, 3.05) is 20.3 Å². The first-order chi connectivity index (χ1) is 11.0. The van der Waals surface area contributed by atoms with Gasteiger partial charge in [-0.05, 0) is 32.9 Å². The van der Waals surface area contributed by atoms with Gasteiger partial charge in [-0.25, -0.2) is 0 Å². The number of allylic oxidation sites excluding steroid dienone is 1. The Hall–Kier alpha value is -2.14. The van der Waals surface area contributed by atoms with Gasteiger partial charge in [-0.1, -0.05) is 42.5 Å². The van der Waals surface area contributed by atoms with Crippen LogP contribution in [0.5, 0.6) is 0 Å². The molecule has 1 aromatic rings. The van der Waals surface area contributed by atoms with E-state index in [2.05, 4.69) is 22.2 Å². The zero-order valence-corrected chi connectivity index (χ0v) is 14.4. The summed E-state index contributed by atoms with van der Waals surface area (Å²) in [5.41, 5.74) is 1.22. The van der Waals surface area contributed by atoms with Gasteiger partial charge >= 0.3 is 11.9 Å². The van der Waals surface area contributed by atoms with Gasteiger partial charge in [0, 0.05) is 6.92 Å². The number of carbonyl (C=O) groups is 2. The molecule has 0 aliphatic carbocycles. The fourth-order valence-corrected chi connectivity index (χ4v) is 1.68. The highest BCUT2D eigenvalue weighted by atomic mass is 16.5. The molecule has 0 spiro atoms. The quantitative estimate of drug-likeness (QED) is 0.617. The normalized spacial score (nSPS) is 11.3. The number of rotatable bonds is 7. The molecule has 0 unspecified atom stereocenters. The van der Waals surface area contributed by atoms with Crippen molar-refractivity contribution in [1.29, 1.82) is 0 Å². The zero-order valence-electron chi connectivity index (χ0n) is 14.4. The molecule has 1 aromatic carbocycles. The summed E-state index contributed by atoms with van der Waals surface area (Å²) in [7, 11) is 1.74. The van der Waals surface area contributed by atoms with E-state index in [0.717, 1.165) is 6.42 Å². The summed E-state index contributed by atoms with van der Waals surface area (Å²) in [5, 5.41) is 2.91. The summed E-state index contributed by atoms with van der Waals surface area (Å²) >= 11 is 0. The molecule has 0 aliphatic heterocycles. The Labute approximate surface area is 138 Å². The maximum Gasteiger partial charge on any atom is 0.327 e. The molecule has 128 valence electrons. The first-order valence-corrected chi connectivity index (χ1v) is 7.72. The molecule has 0 amide bonds. The number of likely N-dealkylation sites (N-methyl/N-ethyl adjacent to an activating group) is 1. The molecule has 5 nitrogen and oxygen atoms in total. The smallest absolute Gasteiger partial charge is 0.327 e. The number of benzene rings is 1. The molecule has 0 aliphatic rings. The predicted molar refractivity (Wildman–Crippen MR) is 91.1 cm³/mol. The van der Waals surface area contributed by atoms with E-state index in [9.17, 15) is 9.59 Å². The van der Waals surface area contributed by atoms with Crippen LogP contribution >= 0.6 is 0 Å². The molecule has 0 aromatic heterocycles. The Morgan fingerprint density at radius 1 is 1.13 bits per heavy atom. The molecule has 0 saturated heterocycles. The van der Waals surface area contributed by atoms with Gasteiger partial charge in [-0.15, -0.1) is 0 Å². The van der Waals surface area contributed by atoms with Crippen molar-refractivity contribution in [1.82, 2.24) is 5.32 Å². The molecule has 1 rings (SSSR count). The molecule has 0 bridgehead atoms. The van der Waals surface area contributed by atoms with Crippen LogP contribution in [-0.4, -0.2) is 38.2 Å². The third-order valence-electron chi connectivity index (χ3n) is 2.72. The van der Waals surface area contributed by atoms with E-state index in [-0.39, 0.29) is 18.0 Å². The van der Waals surface area contributed by atoms with Crippen molar-refractivity contribution in [2.45, 2.75) is 33.2 Å². The van der Waals surface area contributed by atoms with Crippen molar-refractivity contribution in [3.8, 4) is 0 Å². The highest BCUT2D eigenvalue weighted by Gasteiger charge is 2.12. The fourth-order valence-electron chi connectivity index (χ4n) is 1.68. The molecule has 23 heavy (non-hydrogen) atoms. The standard InChI is InChI=1S/C14H19NO2.C4H8O2/c1-3-17-14(16)13(15-2)11-7-10-12-8-5-4-6-9-12;1-3-6-4(2)5/h4-9,11,13,15H,3,10H2,1-2H3;3H2,1-2H3/b11-7-;/t13-;/m0./s1. The first-order valence-electron chi connectivity index (χ1n) is 7.72. The van der Waals surface area contributed by atoms with E-state index in [4.69, 9.17) is 4.74 Å². The third-order valence-corrected chi connectivity index (χ3v) is 2.72. The average Bonchev–Trinajstić information content (AvgIpc) is 2.53. The lowest BCUT2D eigenvalue weighted by Crippen LogP contribution is -2.33. The molecule has 0 fully saturated rings. The molecular formula is C18H27NO4. The molecule has 1 N–H and O–H groups in total. The SMILES string of the molecule is CCOC(=O)[C@H](/C=C\Cc1ccccc1)NC.CCOC(C)=O. The predicted octanol–water partition coefficient (Wildman–Crippen LogP) is 2.51. The van der Waals surface area contributed by atoms with Crippen molar-refractivity contribution >= 4 is 11.9 Å². The molecule has 0 saturated carbocycles. The lowest BCUT2D eigenvalue weighted by Gasteiger charge is -2.09. The summed E-state index contributed by atoms with van der Waals surface area (Å²) in [6.45, 7) is 5.86. The van der Waals surface area contributed by atoms with E-state index in [1.807, 2.05) is 30.4 Å². The lowest BCUT2D eigenvalue weighted by atomic mass is 10.1. The van der Waals surface area contributed by atoms with Gasteiger partial charge in [0.15, 0.2) is 0 Å². The molecular weight excluding hydrogens is 294 g/mol. The number of carbonyl (C=O) groups excluding carboxylic acids is 2. The highest BCUT2D eigenvalue weighted by molar-refractivity contribution is 5.77. The maximum atomic E-state index is 11.5. The van der Waals surface area contributed by atoms with Gasteiger partial charge in [0.25, 0.3) is 0 Å². The van der Waals surface area contributed by atoms with Gasteiger partial charge in [0.1, 0.15) is 6.04 Å². The van der Waals surface area contributed by atoms with Crippen LogP contribution in [0.3, 0.4) is 0 Å². The minimum atomic E-state index is -0.362. The summed E-state index contributed by atoms with van der Waals surface area (Å²) < 4.78 is 9.35.